The van der Waals surface area contributed by atoms with Crippen LogP contribution in [0.1, 0.15) is 29.8 Å². The van der Waals surface area contributed by atoms with Crippen LogP contribution in [0.4, 0.5) is 0 Å². The molecule has 1 aromatic carbocycles. The number of ketones is 1. The first kappa shape index (κ1) is 22.9. The minimum atomic E-state index is -1.80. The van der Waals surface area contributed by atoms with E-state index in [9.17, 15) is 14.7 Å². The van der Waals surface area contributed by atoms with Crippen molar-refractivity contribution < 1.29 is 33.6 Å². The summed E-state index contributed by atoms with van der Waals surface area (Å²) in [7, 11) is 2.84. The molecule has 0 saturated heterocycles. The highest BCUT2D eigenvalue weighted by Crippen LogP contribution is 2.40. The number of hydrogen-bond donors (Lipinski definition) is 1. The summed E-state index contributed by atoms with van der Waals surface area (Å²) < 4.78 is 21.8. The van der Waals surface area contributed by atoms with Gasteiger partial charge in [0.15, 0.2) is 5.60 Å². The lowest BCUT2D eigenvalue weighted by Gasteiger charge is -2.41. The van der Waals surface area contributed by atoms with E-state index in [0.29, 0.717) is 22.6 Å². The van der Waals surface area contributed by atoms with E-state index in [1.807, 2.05) is 13.0 Å². The number of hydrogen-bond acceptors (Lipinski definition) is 7. The lowest BCUT2D eigenvalue weighted by atomic mass is 9.74. The first-order chi connectivity index (χ1) is 14.7. The molecular formula is C23H25ClO7. The van der Waals surface area contributed by atoms with E-state index < -0.39 is 29.4 Å². The van der Waals surface area contributed by atoms with E-state index in [1.54, 1.807) is 19.1 Å². The molecular weight excluding hydrogens is 424 g/mol. The van der Waals surface area contributed by atoms with Crippen LogP contribution in [0, 0.1) is 12.8 Å². The van der Waals surface area contributed by atoms with Gasteiger partial charge in [-0.2, -0.15) is 0 Å². The van der Waals surface area contributed by atoms with Crippen molar-refractivity contribution in [3.05, 3.63) is 57.9 Å². The van der Waals surface area contributed by atoms with Gasteiger partial charge in [0, 0.05) is 12.0 Å². The molecule has 0 amide bonds. The standard InChI is InChI=1S/C23H25ClO7/c1-6-7-14-8-13-9-18(25)23(3,21(26)15(13)11-30-14)31-22(27)19-12(2)20(24)17(29-5)10-16(19)28-4/h6-10,15,21,26H,11H2,1-5H3/t15-,21+,23+/m1/s1. The Morgan fingerprint density at radius 3 is 2.58 bits per heavy atom. The molecule has 1 aliphatic heterocycles. The summed E-state index contributed by atoms with van der Waals surface area (Å²) >= 11 is 6.29. The molecule has 31 heavy (non-hydrogen) atoms. The molecule has 8 heteroatoms. The van der Waals surface area contributed by atoms with Gasteiger partial charge in [0.05, 0.1) is 25.8 Å². The second-order valence-electron chi connectivity index (χ2n) is 7.51. The number of halogens is 1. The summed E-state index contributed by atoms with van der Waals surface area (Å²) in [5.41, 5.74) is -0.740. The smallest absolute Gasteiger partial charge is 0.343 e. The van der Waals surface area contributed by atoms with Gasteiger partial charge >= 0.3 is 5.97 Å². The number of rotatable bonds is 5. The molecule has 1 N–H and O–H groups in total. The minimum absolute atomic E-state index is 0.0551. The van der Waals surface area contributed by atoms with Crippen LogP contribution >= 0.6 is 11.6 Å². The van der Waals surface area contributed by atoms with Crippen LogP contribution in [0.15, 0.2) is 41.7 Å². The first-order valence-electron chi connectivity index (χ1n) is 9.73. The van der Waals surface area contributed by atoms with Crippen molar-refractivity contribution >= 4 is 23.4 Å². The molecule has 0 aromatic heterocycles. The van der Waals surface area contributed by atoms with Gasteiger partial charge < -0.3 is 24.1 Å². The lowest BCUT2D eigenvalue weighted by Crippen LogP contribution is -2.57. The third kappa shape index (κ3) is 3.95. The number of methoxy groups -OCH3 is 2. The molecule has 0 saturated carbocycles. The summed E-state index contributed by atoms with van der Waals surface area (Å²) in [6.07, 6.45) is 5.38. The predicted octanol–water partition coefficient (Wildman–Crippen LogP) is 3.56. The zero-order chi connectivity index (χ0) is 22.9. The summed E-state index contributed by atoms with van der Waals surface area (Å²) in [4.78, 5) is 26.1. The molecule has 166 valence electrons. The van der Waals surface area contributed by atoms with E-state index in [-0.39, 0.29) is 22.9 Å². The normalized spacial score (nSPS) is 25.3. The van der Waals surface area contributed by atoms with Crippen molar-refractivity contribution in [2.75, 3.05) is 20.8 Å². The number of aliphatic hydroxyl groups is 1. The van der Waals surface area contributed by atoms with Gasteiger partial charge in [-0.25, -0.2) is 4.79 Å². The van der Waals surface area contributed by atoms with Gasteiger partial charge in [-0.15, -0.1) is 0 Å². The number of benzene rings is 1. The van der Waals surface area contributed by atoms with Crippen molar-refractivity contribution in [2.45, 2.75) is 32.5 Å². The van der Waals surface area contributed by atoms with E-state index in [2.05, 4.69) is 0 Å². The predicted molar refractivity (Wildman–Crippen MR) is 115 cm³/mol. The Bertz CT molecular complexity index is 1010. The average Bonchev–Trinajstić information content (AvgIpc) is 2.74. The molecule has 0 radical (unpaired) electrons. The summed E-state index contributed by atoms with van der Waals surface area (Å²) in [5.74, 6) is -0.767. The molecule has 7 nitrogen and oxygen atoms in total. The molecule has 3 rings (SSSR count). The Morgan fingerprint density at radius 2 is 1.97 bits per heavy atom. The number of carbonyl (C=O) groups excluding carboxylic acids is 2. The Labute approximate surface area is 185 Å². The molecule has 1 heterocycles. The number of fused-ring (bicyclic) bond motifs is 1. The van der Waals surface area contributed by atoms with Crippen molar-refractivity contribution in [3.8, 4) is 11.5 Å². The second-order valence-corrected chi connectivity index (χ2v) is 7.89. The number of aliphatic hydroxyl groups excluding tert-OH is 1. The quantitative estimate of drug-likeness (QED) is 0.688. The highest BCUT2D eigenvalue weighted by atomic mass is 35.5. The summed E-state index contributed by atoms with van der Waals surface area (Å²) in [6.45, 7) is 5.01. The Kier molecular flexibility index (Phi) is 6.48. The Hall–Kier alpha value is -2.77. The van der Waals surface area contributed by atoms with Gasteiger partial charge in [0.2, 0.25) is 5.78 Å². The van der Waals surface area contributed by atoms with Gasteiger partial charge in [-0.3, -0.25) is 4.79 Å². The molecule has 1 aromatic rings. The summed E-state index contributed by atoms with van der Waals surface area (Å²) in [6, 6.07) is 1.47. The topological polar surface area (TPSA) is 91.3 Å². The highest BCUT2D eigenvalue weighted by molar-refractivity contribution is 6.33. The fourth-order valence-corrected chi connectivity index (χ4v) is 3.98. The van der Waals surface area contributed by atoms with Gasteiger partial charge in [0.1, 0.15) is 28.9 Å². The third-order valence-corrected chi connectivity index (χ3v) is 6.08. The number of carbonyl (C=O) groups is 2. The summed E-state index contributed by atoms with van der Waals surface area (Å²) in [5, 5.41) is 11.2. The van der Waals surface area contributed by atoms with Gasteiger partial charge in [-0.1, -0.05) is 17.7 Å². The van der Waals surface area contributed by atoms with Gasteiger partial charge in [-0.05, 0) is 50.1 Å². The maximum atomic E-state index is 13.1. The fraction of sp³-hybridized carbons (Fsp3) is 0.391. The lowest BCUT2D eigenvalue weighted by molar-refractivity contribution is -0.152. The van der Waals surface area contributed by atoms with Crippen LogP contribution in [-0.4, -0.2) is 49.4 Å². The maximum Gasteiger partial charge on any atom is 0.343 e. The monoisotopic (exact) mass is 448 g/mol. The van der Waals surface area contributed by atoms with Crippen molar-refractivity contribution in [2.24, 2.45) is 5.92 Å². The Morgan fingerprint density at radius 1 is 1.29 bits per heavy atom. The van der Waals surface area contributed by atoms with Crippen molar-refractivity contribution in [1.82, 2.24) is 0 Å². The average molecular weight is 449 g/mol. The third-order valence-electron chi connectivity index (χ3n) is 5.61. The largest absolute Gasteiger partial charge is 0.496 e. The molecule has 0 spiro atoms. The zero-order valence-corrected chi connectivity index (χ0v) is 18.8. The number of ether oxygens (including phenoxy) is 4. The van der Waals surface area contributed by atoms with E-state index in [1.165, 1.54) is 33.3 Å². The molecule has 0 bridgehead atoms. The molecule has 1 aliphatic carbocycles. The van der Waals surface area contributed by atoms with E-state index in [0.717, 1.165) is 0 Å². The molecule has 0 fully saturated rings. The zero-order valence-electron chi connectivity index (χ0n) is 18.0. The maximum absolute atomic E-state index is 13.1. The van der Waals surface area contributed by atoms with Crippen LogP contribution < -0.4 is 9.47 Å². The highest BCUT2D eigenvalue weighted by Gasteiger charge is 2.52. The number of esters is 1. The van der Waals surface area contributed by atoms with Crippen LogP contribution in [0.3, 0.4) is 0 Å². The molecule has 3 atom stereocenters. The van der Waals surface area contributed by atoms with E-state index in [4.69, 9.17) is 30.5 Å². The fourth-order valence-electron chi connectivity index (χ4n) is 3.75. The van der Waals surface area contributed by atoms with Crippen LogP contribution in [0.25, 0.3) is 0 Å². The first-order valence-corrected chi connectivity index (χ1v) is 10.1. The van der Waals surface area contributed by atoms with Crippen molar-refractivity contribution in [3.63, 3.8) is 0 Å². The van der Waals surface area contributed by atoms with E-state index >= 15 is 0 Å². The van der Waals surface area contributed by atoms with Crippen LogP contribution in [0.2, 0.25) is 5.02 Å². The molecule has 0 unspecified atom stereocenters. The minimum Gasteiger partial charge on any atom is -0.496 e. The number of allylic oxidation sites excluding steroid dienone is 3. The van der Waals surface area contributed by atoms with Crippen LogP contribution in [-0.2, 0) is 14.3 Å². The molecule has 2 aliphatic rings. The Balaban J connectivity index is 1.97. The van der Waals surface area contributed by atoms with Gasteiger partial charge in [0.25, 0.3) is 0 Å². The van der Waals surface area contributed by atoms with Crippen molar-refractivity contribution in [1.29, 1.82) is 0 Å². The van der Waals surface area contributed by atoms with Crippen LogP contribution in [0.5, 0.6) is 11.5 Å². The second kappa shape index (κ2) is 8.77. The SMILES string of the molecule is CC=CC1=CC2=CC(=O)[C@](C)(OC(=O)c3c(OC)cc(OC)c(Cl)c3C)[C@@H](O)[C@@H]2CO1.